The molecule has 0 unspecified atom stereocenters. The van der Waals surface area contributed by atoms with Crippen molar-refractivity contribution in [1.29, 1.82) is 0 Å². The van der Waals surface area contributed by atoms with Crippen molar-refractivity contribution >= 4 is 23.3 Å². The van der Waals surface area contributed by atoms with Gasteiger partial charge in [0.1, 0.15) is 11.5 Å². The zero-order chi connectivity index (χ0) is 16.8. The SMILES string of the molecule is COc1ccc(OC)c(/C=C/C(=O)N(C)Cc2sccc2C)c1. The van der Waals surface area contributed by atoms with Crippen LogP contribution in [0.15, 0.2) is 35.7 Å². The lowest BCUT2D eigenvalue weighted by Crippen LogP contribution is -2.23. The third kappa shape index (κ3) is 4.36. The molecule has 0 spiro atoms. The van der Waals surface area contributed by atoms with E-state index in [-0.39, 0.29) is 5.91 Å². The number of benzene rings is 1. The van der Waals surface area contributed by atoms with Crippen LogP contribution in [-0.4, -0.2) is 32.1 Å². The Labute approximate surface area is 141 Å². The summed E-state index contributed by atoms with van der Waals surface area (Å²) in [5.41, 5.74) is 2.02. The summed E-state index contributed by atoms with van der Waals surface area (Å²) in [4.78, 5) is 15.2. The van der Waals surface area contributed by atoms with E-state index in [0.29, 0.717) is 12.3 Å². The Morgan fingerprint density at radius 3 is 2.65 bits per heavy atom. The number of carbonyl (C=O) groups excluding carboxylic acids is 1. The molecule has 1 aromatic heterocycles. The van der Waals surface area contributed by atoms with E-state index in [4.69, 9.17) is 9.47 Å². The Bertz CT molecular complexity index is 706. The van der Waals surface area contributed by atoms with Gasteiger partial charge in [-0.25, -0.2) is 0 Å². The molecule has 23 heavy (non-hydrogen) atoms. The second kappa shape index (κ2) is 7.83. The highest BCUT2D eigenvalue weighted by atomic mass is 32.1. The summed E-state index contributed by atoms with van der Waals surface area (Å²) in [6, 6.07) is 7.55. The number of aryl methyl sites for hydroxylation is 1. The molecular formula is C18H21NO3S. The molecule has 1 aromatic carbocycles. The van der Waals surface area contributed by atoms with Gasteiger partial charge in [-0.2, -0.15) is 0 Å². The molecule has 0 saturated heterocycles. The maximum atomic E-state index is 12.3. The van der Waals surface area contributed by atoms with E-state index >= 15 is 0 Å². The standard InChI is InChI=1S/C18H21NO3S/c1-13-9-10-23-17(13)12-19(2)18(20)8-5-14-11-15(21-3)6-7-16(14)22-4/h5-11H,12H2,1-4H3/b8-5+. The average molecular weight is 331 g/mol. The molecule has 4 nitrogen and oxygen atoms in total. The number of ether oxygens (including phenoxy) is 2. The van der Waals surface area contributed by atoms with Gasteiger partial charge in [0.25, 0.3) is 0 Å². The lowest BCUT2D eigenvalue weighted by molar-refractivity contribution is -0.125. The first-order chi connectivity index (χ1) is 11.0. The molecule has 0 fully saturated rings. The van der Waals surface area contributed by atoms with Crippen molar-refractivity contribution in [2.24, 2.45) is 0 Å². The van der Waals surface area contributed by atoms with Crippen LogP contribution in [0.2, 0.25) is 0 Å². The molecule has 2 aromatic rings. The van der Waals surface area contributed by atoms with Crippen molar-refractivity contribution < 1.29 is 14.3 Å². The predicted octanol–water partition coefficient (Wildman–Crippen LogP) is 3.75. The summed E-state index contributed by atoms with van der Waals surface area (Å²) >= 11 is 1.67. The van der Waals surface area contributed by atoms with E-state index in [9.17, 15) is 4.79 Å². The van der Waals surface area contributed by atoms with E-state index in [0.717, 1.165) is 11.3 Å². The fourth-order valence-electron chi connectivity index (χ4n) is 2.12. The summed E-state index contributed by atoms with van der Waals surface area (Å²) < 4.78 is 10.5. The van der Waals surface area contributed by atoms with Gasteiger partial charge in [-0.05, 0) is 48.2 Å². The number of amides is 1. The average Bonchev–Trinajstić information content (AvgIpc) is 2.97. The Morgan fingerprint density at radius 1 is 1.26 bits per heavy atom. The zero-order valence-corrected chi connectivity index (χ0v) is 14.6. The number of carbonyl (C=O) groups is 1. The van der Waals surface area contributed by atoms with Gasteiger partial charge in [-0.1, -0.05) is 0 Å². The zero-order valence-electron chi connectivity index (χ0n) is 13.8. The summed E-state index contributed by atoms with van der Waals surface area (Å²) in [7, 11) is 5.01. The van der Waals surface area contributed by atoms with Gasteiger partial charge >= 0.3 is 0 Å². The highest BCUT2D eigenvalue weighted by Crippen LogP contribution is 2.25. The van der Waals surface area contributed by atoms with E-state index in [1.54, 1.807) is 49.7 Å². The molecule has 122 valence electrons. The third-order valence-corrected chi connectivity index (χ3v) is 4.58. The van der Waals surface area contributed by atoms with Gasteiger partial charge < -0.3 is 14.4 Å². The topological polar surface area (TPSA) is 38.8 Å². The highest BCUT2D eigenvalue weighted by molar-refractivity contribution is 7.10. The number of hydrogen-bond donors (Lipinski definition) is 0. The summed E-state index contributed by atoms with van der Waals surface area (Å²) in [5, 5.41) is 2.04. The Balaban J connectivity index is 2.09. The lowest BCUT2D eigenvalue weighted by atomic mass is 10.1. The monoisotopic (exact) mass is 331 g/mol. The van der Waals surface area contributed by atoms with Gasteiger partial charge in [-0.3, -0.25) is 4.79 Å². The first-order valence-electron chi connectivity index (χ1n) is 7.23. The Kier molecular flexibility index (Phi) is 5.82. The second-order valence-electron chi connectivity index (χ2n) is 5.16. The molecular weight excluding hydrogens is 310 g/mol. The number of methoxy groups -OCH3 is 2. The molecule has 1 amide bonds. The van der Waals surface area contributed by atoms with Crippen LogP contribution < -0.4 is 9.47 Å². The minimum atomic E-state index is -0.0531. The maximum absolute atomic E-state index is 12.3. The molecule has 0 aliphatic heterocycles. The predicted molar refractivity (Wildman–Crippen MR) is 94.1 cm³/mol. The summed E-state index contributed by atoms with van der Waals surface area (Å²) in [6.45, 7) is 2.67. The molecule has 0 bridgehead atoms. The molecule has 5 heteroatoms. The van der Waals surface area contributed by atoms with E-state index < -0.39 is 0 Å². The van der Waals surface area contributed by atoms with Crippen LogP contribution in [0.5, 0.6) is 11.5 Å². The van der Waals surface area contributed by atoms with Crippen LogP contribution in [0.1, 0.15) is 16.0 Å². The van der Waals surface area contributed by atoms with Crippen molar-refractivity contribution in [3.05, 3.63) is 51.7 Å². The van der Waals surface area contributed by atoms with E-state index in [2.05, 4.69) is 13.0 Å². The van der Waals surface area contributed by atoms with Crippen molar-refractivity contribution in [3.8, 4) is 11.5 Å². The van der Waals surface area contributed by atoms with Gasteiger partial charge in [0.2, 0.25) is 5.91 Å². The lowest BCUT2D eigenvalue weighted by Gasteiger charge is -2.14. The number of rotatable bonds is 6. The molecule has 2 rings (SSSR count). The van der Waals surface area contributed by atoms with Crippen LogP contribution in [0.3, 0.4) is 0 Å². The van der Waals surface area contributed by atoms with Crippen LogP contribution in [0.25, 0.3) is 6.08 Å². The molecule has 1 heterocycles. The fraction of sp³-hybridized carbons (Fsp3) is 0.278. The quantitative estimate of drug-likeness (QED) is 0.757. The Morgan fingerprint density at radius 2 is 2.04 bits per heavy atom. The van der Waals surface area contributed by atoms with Crippen molar-refractivity contribution in [2.45, 2.75) is 13.5 Å². The molecule has 0 aliphatic rings. The Hall–Kier alpha value is -2.27. The number of nitrogens with zero attached hydrogens (tertiary/aromatic N) is 1. The molecule has 0 saturated carbocycles. The first kappa shape index (κ1) is 17.1. The largest absolute Gasteiger partial charge is 0.497 e. The van der Waals surface area contributed by atoms with Crippen molar-refractivity contribution in [1.82, 2.24) is 4.90 Å². The summed E-state index contributed by atoms with van der Waals surface area (Å²) in [6.07, 6.45) is 3.31. The second-order valence-corrected chi connectivity index (χ2v) is 6.16. The van der Waals surface area contributed by atoms with Gasteiger partial charge in [-0.15, -0.1) is 11.3 Å². The van der Waals surface area contributed by atoms with Crippen molar-refractivity contribution in [2.75, 3.05) is 21.3 Å². The van der Waals surface area contributed by atoms with Crippen LogP contribution in [-0.2, 0) is 11.3 Å². The molecule has 0 radical (unpaired) electrons. The molecule has 0 aliphatic carbocycles. The minimum Gasteiger partial charge on any atom is -0.497 e. The highest BCUT2D eigenvalue weighted by Gasteiger charge is 2.09. The van der Waals surface area contributed by atoms with Crippen LogP contribution in [0.4, 0.5) is 0 Å². The van der Waals surface area contributed by atoms with Crippen LogP contribution in [0, 0.1) is 6.92 Å². The fourth-order valence-corrected chi connectivity index (χ4v) is 3.08. The van der Waals surface area contributed by atoms with Gasteiger partial charge in [0.15, 0.2) is 0 Å². The number of likely N-dealkylation sites (N-methyl/N-ethyl adjacent to an activating group) is 1. The van der Waals surface area contributed by atoms with Crippen LogP contribution >= 0.6 is 11.3 Å². The summed E-state index contributed by atoms with van der Waals surface area (Å²) in [5.74, 6) is 1.37. The number of hydrogen-bond acceptors (Lipinski definition) is 4. The molecule has 0 N–H and O–H groups in total. The van der Waals surface area contributed by atoms with E-state index in [1.165, 1.54) is 10.4 Å². The maximum Gasteiger partial charge on any atom is 0.246 e. The smallest absolute Gasteiger partial charge is 0.246 e. The first-order valence-corrected chi connectivity index (χ1v) is 8.11. The van der Waals surface area contributed by atoms with Gasteiger partial charge in [0, 0.05) is 23.6 Å². The normalized spacial score (nSPS) is 10.8. The minimum absolute atomic E-state index is 0.0531. The third-order valence-electron chi connectivity index (χ3n) is 3.57. The van der Waals surface area contributed by atoms with Gasteiger partial charge in [0.05, 0.1) is 20.8 Å². The molecule has 0 atom stereocenters. The number of thiophene rings is 1. The van der Waals surface area contributed by atoms with Crippen molar-refractivity contribution in [3.63, 3.8) is 0 Å². The van der Waals surface area contributed by atoms with E-state index in [1.807, 2.05) is 23.6 Å².